The van der Waals surface area contributed by atoms with E-state index in [1.54, 1.807) is 10.5 Å². The summed E-state index contributed by atoms with van der Waals surface area (Å²) in [6.45, 7) is 4.79. The molecule has 0 aliphatic rings. The molecular formula is C13H13N3O. The Bertz CT molecular complexity index is 767. The van der Waals surface area contributed by atoms with Crippen LogP contribution in [0.15, 0.2) is 35.1 Å². The van der Waals surface area contributed by atoms with Crippen molar-refractivity contribution in [2.24, 2.45) is 0 Å². The van der Waals surface area contributed by atoms with Gasteiger partial charge < -0.3 is 4.57 Å². The van der Waals surface area contributed by atoms with Crippen LogP contribution < -0.4 is 5.56 Å². The molecule has 0 N–H and O–H groups in total. The second-order valence-corrected chi connectivity index (χ2v) is 4.10. The lowest BCUT2D eigenvalue weighted by molar-refractivity contribution is 0.724. The molecule has 0 radical (unpaired) electrons. The molecule has 0 spiro atoms. The van der Waals surface area contributed by atoms with Crippen LogP contribution in [0, 0.1) is 6.92 Å². The molecule has 0 aliphatic carbocycles. The topological polar surface area (TPSA) is 39.3 Å². The van der Waals surface area contributed by atoms with Crippen LogP contribution in [0.4, 0.5) is 0 Å². The molecule has 1 aromatic carbocycles. The lowest BCUT2D eigenvalue weighted by Gasteiger charge is -2.08. The van der Waals surface area contributed by atoms with Crippen molar-refractivity contribution in [1.29, 1.82) is 0 Å². The standard InChI is InChI=1S/C13H13N3O/c1-3-15-9(2)8-12(17)16-11-7-5-4-6-10(11)14-13(15)16/h4-8H,3H2,1-2H3. The minimum Gasteiger partial charge on any atom is -0.316 e. The van der Waals surface area contributed by atoms with E-state index in [0.717, 1.165) is 29.0 Å². The van der Waals surface area contributed by atoms with Gasteiger partial charge in [0, 0.05) is 18.3 Å². The van der Waals surface area contributed by atoms with Crippen molar-refractivity contribution in [3.8, 4) is 0 Å². The monoisotopic (exact) mass is 227 g/mol. The van der Waals surface area contributed by atoms with Crippen molar-refractivity contribution in [2.75, 3.05) is 0 Å². The Morgan fingerprint density at radius 2 is 2.06 bits per heavy atom. The predicted octanol–water partition coefficient (Wildman–Crippen LogP) is 1.98. The number of nitrogens with zero attached hydrogens (tertiary/aromatic N) is 3. The van der Waals surface area contributed by atoms with Gasteiger partial charge in [-0.1, -0.05) is 12.1 Å². The van der Waals surface area contributed by atoms with Gasteiger partial charge in [-0.25, -0.2) is 9.38 Å². The summed E-state index contributed by atoms with van der Waals surface area (Å²) < 4.78 is 3.72. The van der Waals surface area contributed by atoms with Gasteiger partial charge in [0.25, 0.3) is 5.56 Å². The lowest BCUT2D eigenvalue weighted by atomic mass is 10.3. The third-order valence-electron chi connectivity index (χ3n) is 3.08. The van der Waals surface area contributed by atoms with E-state index in [9.17, 15) is 4.79 Å². The molecule has 4 nitrogen and oxygen atoms in total. The molecule has 0 bridgehead atoms. The second kappa shape index (κ2) is 3.45. The van der Waals surface area contributed by atoms with Crippen molar-refractivity contribution in [2.45, 2.75) is 20.4 Å². The first kappa shape index (κ1) is 10.1. The molecule has 0 unspecified atom stereocenters. The van der Waals surface area contributed by atoms with Crippen molar-refractivity contribution >= 4 is 16.8 Å². The number of rotatable bonds is 1. The van der Waals surface area contributed by atoms with Crippen molar-refractivity contribution < 1.29 is 0 Å². The van der Waals surface area contributed by atoms with E-state index in [-0.39, 0.29) is 5.56 Å². The molecule has 17 heavy (non-hydrogen) atoms. The summed E-state index contributed by atoms with van der Waals surface area (Å²) in [5.74, 6) is 0.721. The molecule has 2 heterocycles. The number of fused-ring (bicyclic) bond motifs is 3. The van der Waals surface area contributed by atoms with E-state index in [4.69, 9.17) is 0 Å². The summed E-state index contributed by atoms with van der Waals surface area (Å²) in [6, 6.07) is 9.36. The van der Waals surface area contributed by atoms with E-state index in [1.165, 1.54) is 0 Å². The highest BCUT2D eigenvalue weighted by Gasteiger charge is 2.10. The molecule has 3 rings (SSSR count). The number of para-hydroxylation sites is 2. The zero-order chi connectivity index (χ0) is 12.0. The van der Waals surface area contributed by atoms with Gasteiger partial charge in [0.15, 0.2) is 0 Å². The van der Waals surface area contributed by atoms with Crippen LogP contribution in [0.3, 0.4) is 0 Å². The molecule has 2 aromatic heterocycles. The number of hydrogen-bond acceptors (Lipinski definition) is 2. The zero-order valence-electron chi connectivity index (χ0n) is 9.84. The highest BCUT2D eigenvalue weighted by molar-refractivity contribution is 5.79. The van der Waals surface area contributed by atoms with E-state index in [2.05, 4.69) is 11.9 Å². The number of aromatic nitrogens is 3. The average molecular weight is 227 g/mol. The first-order valence-corrected chi connectivity index (χ1v) is 5.70. The molecule has 0 aliphatic heterocycles. The van der Waals surface area contributed by atoms with E-state index in [0.29, 0.717) is 0 Å². The molecule has 0 saturated carbocycles. The van der Waals surface area contributed by atoms with Gasteiger partial charge >= 0.3 is 0 Å². The van der Waals surface area contributed by atoms with Crippen LogP contribution in [0.5, 0.6) is 0 Å². The quantitative estimate of drug-likeness (QED) is 0.637. The van der Waals surface area contributed by atoms with Gasteiger partial charge in [0.2, 0.25) is 5.78 Å². The summed E-state index contributed by atoms with van der Waals surface area (Å²) in [4.78, 5) is 16.6. The van der Waals surface area contributed by atoms with E-state index < -0.39 is 0 Å². The Labute approximate surface area is 98.1 Å². The first-order chi connectivity index (χ1) is 8.22. The van der Waals surface area contributed by atoms with Gasteiger partial charge in [-0.3, -0.25) is 4.79 Å². The number of benzene rings is 1. The van der Waals surface area contributed by atoms with Gasteiger partial charge in [-0.15, -0.1) is 0 Å². The van der Waals surface area contributed by atoms with Gasteiger partial charge in [0.1, 0.15) is 0 Å². The Morgan fingerprint density at radius 1 is 1.29 bits per heavy atom. The van der Waals surface area contributed by atoms with Gasteiger partial charge in [-0.05, 0) is 26.0 Å². The minimum atomic E-state index is -0.0177. The Hall–Kier alpha value is -2.10. The molecule has 4 heteroatoms. The molecule has 3 aromatic rings. The fourth-order valence-corrected chi connectivity index (χ4v) is 2.28. The summed E-state index contributed by atoms with van der Waals surface area (Å²) in [5.41, 5.74) is 2.66. The molecule has 0 saturated heterocycles. The Morgan fingerprint density at radius 3 is 2.82 bits per heavy atom. The number of aryl methyl sites for hydroxylation is 2. The maximum Gasteiger partial charge on any atom is 0.259 e. The maximum atomic E-state index is 12.1. The summed E-state index contributed by atoms with van der Waals surface area (Å²) >= 11 is 0. The third kappa shape index (κ3) is 1.30. The van der Waals surface area contributed by atoms with Crippen LogP contribution in [-0.2, 0) is 6.54 Å². The van der Waals surface area contributed by atoms with Crippen LogP contribution >= 0.6 is 0 Å². The summed E-state index contributed by atoms with van der Waals surface area (Å²) in [7, 11) is 0. The van der Waals surface area contributed by atoms with Crippen LogP contribution in [-0.4, -0.2) is 14.0 Å². The highest BCUT2D eigenvalue weighted by Crippen LogP contribution is 2.15. The van der Waals surface area contributed by atoms with Gasteiger partial charge in [0.05, 0.1) is 11.0 Å². The normalized spacial score (nSPS) is 11.4. The van der Waals surface area contributed by atoms with Crippen molar-refractivity contribution in [3.05, 3.63) is 46.4 Å². The second-order valence-electron chi connectivity index (χ2n) is 4.10. The van der Waals surface area contributed by atoms with Crippen molar-refractivity contribution in [1.82, 2.24) is 14.0 Å². The molecule has 0 fully saturated rings. The van der Waals surface area contributed by atoms with Crippen LogP contribution in [0.2, 0.25) is 0 Å². The van der Waals surface area contributed by atoms with Crippen LogP contribution in [0.25, 0.3) is 16.8 Å². The molecule has 0 amide bonds. The smallest absolute Gasteiger partial charge is 0.259 e. The highest BCUT2D eigenvalue weighted by atomic mass is 16.1. The first-order valence-electron chi connectivity index (χ1n) is 5.70. The summed E-state index contributed by atoms with van der Waals surface area (Å²) in [5, 5.41) is 0. The predicted molar refractivity (Wildman–Crippen MR) is 67.4 cm³/mol. The van der Waals surface area contributed by atoms with Crippen LogP contribution in [0.1, 0.15) is 12.6 Å². The Kier molecular flexibility index (Phi) is 2.04. The maximum absolute atomic E-state index is 12.1. The fraction of sp³-hybridized carbons (Fsp3) is 0.231. The molecular weight excluding hydrogens is 214 g/mol. The summed E-state index contributed by atoms with van der Waals surface area (Å²) in [6.07, 6.45) is 0. The number of hydrogen-bond donors (Lipinski definition) is 0. The lowest BCUT2D eigenvalue weighted by Crippen LogP contribution is -2.18. The van der Waals surface area contributed by atoms with Gasteiger partial charge in [-0.2, -0.15) is 0 Å². The molecule has 0 atom stereocenters. The SMILES string of the molecule is CCn1c(C)cc(=O)n2c3ccccc3nc12. The largest absolute Gasteiger partial charge is 0.316 e. The minimum absolute atomic E-state index is 0.0177. The van der Waals surface area contributed by atoms with E-state index >= 15 is 0 Å². The number of imidazole rings is 1. The zero-order valence-corrected chi connectivity index (χ0v) is 9.84. The fourth-order valence-electron chi connectivity index (χ4n) is 2.28. The third-order valence-corrected chi connectivity index (χ3v) is 3.08. The van der Waals surface area contributed by atoms with Crippen molar-refractivity contribution in [3.63, 3.8) is 0 Å². The Balaban J connectivity index is 2.64. The van der Waals surface area contributed by atoms with E-state index in [1.807, 2.05) is 35.8 Å². The average Bonchev–Trinajstić information content (AvgIpc) is 2.68. The molecule has 86 valence electrons.